The van der Waals surface area contributed by atoms with E-state index in [1.54, 1.807) is 42.5 Å². The summed E-state index contributed by atoms with van der Waals surface area (Å²) in [6.45, 7) is 12.8. The van der Waals surface area contributed by atoms with Crippen LogP contribution in [0.4, 0.5) is 5.69 Å². The first-order valence-corrected chi connectivity index (χ1v) is 16.5. The van der Waals surface area contributed by atoms with E-state index >= 15 is 0 Å². The highest BCUT2D eigenvalue weighted by Crippen LogP contribution is 2.28. The predicted octanol–water partition coefficient (Wildman–Crippen LogP) is 7.34. The summed E-state index contributed by atoms with van der Waals surface area (Å²) in [5.74, 6) is -0.655. The van der Waals surface area contributed by atoms with Crippen molar-refractivity contribution >= 4 is 50.7 Å². The summed E-state index contributed by atoms with van der Waals surface area (Å²) in [6.07, 6.45) is 0.298. The number of hydrogen-bond acceptors (Lipinski definition) is 4. The largest absolute Gasteiger partial charge is 0.350 e. The lowest BCUT2D eigenvalue weighted by Crippen LogP contribution is -2.55. The van der Waals surface area contributed by atoms with E-state index in [9.17, 15) is 18.0 Å². The molecule has 3 rings (SSSR count). The minimum atomic E-state index is -4.16. The van der Waals surface area contributed by atoms with Gasteiger partial charge >= 0.3 is 0 Å². The van der Waals surface area contributed by atoms with Crippen LogP contribution in [0.25, 0.3) is 0 Å². The molecule has 0 fully saturated rings. The molecule has 0 spiro atoms. The third-order valence-electron chi connectivity index (χ3n) is 6.98. The van der Waals surface area contributed by atoms with E-state index in [2.05, 4.69) is 5.32 Å². The topological polar surface area (TPSA) is 86.8 Å². The zero-order valence-corrected chi connectivity index (χ0v) is 28.1. The second kappa shape index (κ2) is 14.1. The van der Waals surface area contributed by atoms with Gasteiger partial charge < -0.3 is 10.2 Å². The van der Waals surface area contributed by atoms with Gasteiger partial charge in [0.05, 0.1) is 10.6 Å². The summed E-state index contributed by atoms with van der Waals surface area (Å²) < 4.78 is 29.2. The number of nitrogens with one attached hydrogen (secondary N) is 1. The van der Waals surface area contributed by atoms with E-state index in [-0.39, 0.29) is 23.3 Å². The number of sulfonamides is 1. The summed E-state index contributed by atoms with van der Waals surface area (Å²) in [6, 6.07) is 17.7. The molecular formula is C33H41Cl2N3O4S. The second-order valence-electron chi connectivity index (χ2n) is 12.0. The number of amides is 2. The Morgan fingerprint density at radius 2 is 1.53 bits per heavy atom. The van der Waals surface area contributed by atoms with Crippen molar-refractivity contribution in [1.29, 1.82) is 0 Å². The molecule has 10 heteroatoms. The first-order chi connectivity index (χ1) is 20.0. The van der Waals surface area contributed by atoms with Crippen molar-refractivity contribution in [2.24, 2.45) is 0 Å². The summed E-state index contributed by atoms with van der Waals surface area (Å²) >= 11 is 12.6. The van der Waals surface area contributed by atoms with Gasteiger partial charge in [-0.1, -0.05) is 79.9 Å². The number of halogens is 2. The van der Waals surface area contributed by atoms with Crippen LogP contribution in [-0.2, 0) is 26.2 Å². The zero-order valence-electron chi connectivity index (χ0n) is 25.8. The number of aryl methyl sites for hydroxylation is 1. The smallest absolute Gasteiger partial charge is 0.264 e. The van der Waals surface area contributed by atoms with Crippen LogP contribution in [0.5, 0.6) is 0 Å². The lowest BCUT2D eigenvalue weighted by Gasteiger charge is -2.35. The molecule has 2 amide bonds. The molecule has 7 nitrogen and oxygen atoms in total. The predicted molar refractivity (Wildman–Crippen MR) is 175 cm³/mol. The van der Waals surface area contributed by atoms with E-state index in [0.717, 1.165) is 15.4 Å². The van der Waals surface area contributed by atoms with Gasteiger partial charge in [0, 0.05) is 22.1 Å². The number of benzene rings is 3. The Bertz CT molecular complexity index is 1530. The molecule has 0 aliphatic rings. The van der Waals surface area contributed by atoms with E-state index in [4.69, 9.17) is 23.2 Å². The molecule has 43 heavy (non-hydrogen) atoms. The van der Waals surface area contributed by atoms with Crippen molar-refractivity contribution in [1.82, 2.24) is 10.2 Å². The highest BCUT2D eigenvalue weighted by atomic mass is 35.5. The standard InChI is InChI=1S/C33H41Cl2N3O4S/c1-8-30(32(40)36-33(5,6)7)37(20-25-11-14-26(34)19-29(25)35)31(39)21-38(27-15-12-24(13-16-27)22(2)3)43(41,42)28-17-9-23(4)10-18-28/h9-19,22,30H,8,20-21H2,1-7H3,(H,36,40)/t30-/m1/s1. The Hall–Kier alpha value is -3.07. The van der Waals surface area contributed by atoms with Crippen molar-refractivity contribution in [2.75, 3.05) is 10.8 Å². The fourth-order valence-electron chi connectivity index (χ4n) is 4.60. The summed E-state index contributed by atoms with van der Waals surface area (Å²) in [5.41, 5.74) is 2.32. The van der Waals surface area contributed by atoms with Crippen molar-refractivity contribution in [3.05, 3.63) is 93.5 Å². The van der Waals surface area contributed by atoms with Gasteiger partial charge in [-0.3, -0.25) is 13.9 Å². The van der Waals surface area contributed by atoms with Crippen LogP contribution in [0.1, 0.15) is 70.6 Å². The Kier molecular flexibility index (Phi) is 11.3. The maximum atomic E-state index is 14.3. The lowest BCUT2D eigenvalue weighted by atomic mass is 10.0. The molecule has 0 radical (unpaired) electrons. The molecule has 3 aromatic rings. The number of carbonyl (C=O) groups is 2. The molecule has 3 aromatic carbocycles. The van der Waals surface area contributed by atoms with Crippen LogP contribution in [0.2, 0.25) is 10.0 Å². The normalized spacial score (nSPS) is 12.6. The zero-order chi connectivity index (χ0) is 32.1. The molecule has 1 atom stereocenters. The first kappa shape index (κ1) is 34.4. The molecule has 232 valence electrons. The molecule has 0 aliphatic heterocycles. The quantitative estimate of drug-likeness (QED) is 0.236. The molecule has 1 N–H and O–H groups in total. The third-order valence-corrected chi connectivity index (χ3v) is 9.35. The molecule has 0 saturated heterocycles. The number of carbonyl (C=O) groups excluding carboxylic acids is 2. The molecule has 0 bridgehead atoms. The van der Waals surface area contributed by atoms with E-state index in [1.807, 2.05) is 60.6 Å². The van der Waals surface area contributed by atoms with Crippen LogP contribution < -0.4 is 9.62 Å². The van der Waals surface area contributed by atoms with Gasteiger partial charge in [0.2, 0.25) is 11.8 Å². The average molecular weight is 647 g/mol. The summed E-state index contributed by atoms with van der Waals surface area (Å²) in [5, 5.41) is 3.73. The minimum Gasteiger partial charge on any atom is -0.350 e. The molecule has 0 unspecified atom stereocenters. The molecule has 0 aromatic heterocycles. The average Bonchev–Trinajstić information content (AvgIpc) is 2.92. The highest BCUT2D eigenvalue weighted by molar-refractivity contribution is 7.92. The van der Waals surface area contributed by atoms with Crippen molar-refractivity contribution in [3.63, 3.8) is 0 Å². The summed E-state index contributed by atoms with van der Waals surface area (Å²) in [7, 11) is -4.16. The van der Waals surface area contributed by atoms with Crippen LogP contribution >= 0.6 is 23.2 Å². The van der Waals surface area contributed by atoms with Gasteiger partial charge in [0.25, 0.3) is 10.0 Å². The Balaban J connectivity index is 2.11. The maximum Gasteiger partial charge on any atom is 0.264 e. The Labute approximate surface area is 266 Å². The minimum absolute atomic E-state index is 0.0182. The van der Waals surface area contributed by atoms with E-state index < -0.39 is 34.1 Å². The number of nitrogens with zero attached hydrogens (tertiary/aromatic N) is 2. The van der Waals surface area contributed by atoms with Crippen LogP contribution in [0.15, 0.2) is 71.6 Å². The van der Waals surface area contributed by atoms with Crippen LogP contribution in [-0.4, -0.2) is 43.3 Å². The molecule has 0 saturated carbocycles. The lowest BCUT2D eigenvalue weighted by molar-refractivity contribution is -0.141. The van der Waals surface area contributed by atoms with Gasteiger partial charge in [0.1, 0.15) is 12.6 Å². The SMILES string of the molecule is CC[C@H](C(=O)NC(C)(C)C)N(Cc1ccc(Cl)cc1Cl)C(=O)CN(c1ccc(C(C)C)cc1)S(=O)(=O)c1ccc(C)cc1. The molecular weight excluding hydrogens is 605 g/mol. The fourth-order valence-corrected chi connectivity index (χ4v) is 6.48. The van der Waals surface area contributed by atoms with Gasteiger partial charge in [-0.2, -0.15) is 0 Å². The van der Waals surface area contributed by atoms with Gasteiger partial charge in [0.15, 0.2) is 0 Å². The van der Waals surface area contributed by atoms with Crippen molar-refractivity contribution < 1.29 is 18.0 Å². The Morgan fingerprint density at radius 1 is 0.930 bits per heavy atom. The third kappa shape index (κ3) is 8.97. The van der Waals surface area contributed by atoms with Gasteiger partial charge in [-0.05, 0) is 87.6 Å². The molecule has 0 heterocycles. The second-order valence-corrected chi connectivity index (χ2v) is 14.7. The monoisotopic (exact) mass is 645 g/mol. The highest BCUT2D eigenvalue weighted by Gasteiger charge is 2.35. The fraction of sp³-hybridized carbons (Fsp3) is 0.394. The van der Waals surface area contributed by atoms with Gasteiger partial charge in [-0.15, -0.1) is 0 Å². The van der Waals surface area contributed by atoms with Crippen molar-refractivity contribution in [2.45, 2.75) is 83.8 Å². The first-order valence-electron chi connectivity index (χ1n) is 14.3. The Morgan fingerprint density at radius 3 is 2.05 bits per heavy atom. The van der Waals surface area contributed by atoms with Crippen LogP contribution in [0.3, 0.4) is 0 Å². The number of hydrogen-bond donors (Lipinski definition) is 1. The maximum absolute atomic E-state index is 14.3. The number of anilines is 1. The van der Waals surface area contributed by atoms with Gasteiger partial charge in [-0.25, -0.2) is 8.42 Å². The van der Waals surface area contributed by atoms with E-state index in [0.29, 0.717) is 27.7 Å². The summed E-state index contributed by atoms with van der Waals surface area (Å²) in [4.78, 5) is 29.2. The number of rotatable bonds is 11. The van der Waals surface area contributed by atoms with Crippen molar-refractivity contribution in [3.8, 4) is 0 Å². The van der Waals surface area contributed by atoms with E-state index in [1.165, 1.54) is 17.0 Å². The molecule has 0 aliphatic carbocycles. The van der Waals surface area contributed by atoms with Crippen LogP contribution in [0, 0.1) is 6.92 Å².